The van der Waals surface area contributed by atoms with Gasteiger partial charge in [-0.05, 0) is 13.0 Å². The Hall–Kier alpha value is -1.69. The summed E-state index contributed by atoms with van der Waals surface area (Å²) in [6.45, 7) is 1.12. The molecule has 0 atom stereocenters. The van der Waals surface area contributed by atoms with Gasteiger partial charge in [-0.2, -0.15) is 0 Å². The van der Waals surface area contributed by atoms with E-state index in [2.05, 4.69) is 20.6 Å². The maximum atomic E-state index is 11.2. The van der Waals surface area contributed by atoms with Crippen LogP contribution in [-0.4, -0.2) is 29.1 Å². The molecule has 0 saturated carbocycles. The third kappa shape index (κ3) is 3.81. The minimum atomic E-state index is -0.293. The summed E-state index contributed by atoms with van der Waals surface area (Å²) < 4.78 is 0. The summed E-state index contributed by atoms with van der Waals surface area (Å²) in [5, 5.41) is 5.17. The van der Waals surface area contributed by atoms with Gasteiger partial charge in [-0.25, -0.2) is 9.78 Å². The zero-order chi connectivity index (χ0) is 10.2. The smallest absolute Gasteiger partial charge is 0.320 e. The molecule has 1 rings (SSSR count). The maximum Gasteiger partial charge on any atom is 0.320 e. The summed E-state index contributed by atoms with van der Waals surface area (Å²) in [5.74, 6) is 0.428. The highest BCUT2D eigenvalue weighted by atomic mass is 16.2. The van der Waals surface area contributed by atoms with Gasteiger partial charge >= 0.3 is 6.03 Å². The van der Waals surface area contributed by atoms with E-state index < -0.39 is 0 Å². The predicted molar refractivity (Wildman–Crippen MR) is 52.7 cm³/mol. The van der Waals surface area contributed by atoms with E-state index in [1.807, 2.05) is 0 Å². The van der Waals surface area contributed by atoms with Crippen LogP contribution < -0.4 is 16.4 Å². The third-order valence-corrected chi connectivity index (χ3v) is 1.47. The number of nitrogens with two attached hydrogens (primary N) is 1. The number of carbonyl (C=O) groups excluding carboxylic acids is 1. The standard InChI is InChI=1S/C8H13N5O/c9-2-1-3-12-8(14)13-7-6-10-4-5-11-7/h4-6H,1-3,9H2,(H2,11,12,13,14). The zero-order valence-corrected chi connectivity index (χ0v) is 7.73. The second kappa shape index (κ2) is 5.87. The molecule has 0 fully saturated rings. The van der Waals surface area contributed by atoms with Gasteiger partial charge in [0, 0.05) is 18.9 Å². The van der Waals surface area contributed by atoms with Crippen LogP contribution in [-0.2, 0) is 0 Å². The molecular formula is C8H13N5O. The first-order valence-corrected chi connectivity index (χ1v) is 4.34. The molecule has 6 heteroatoms. The van der Waals surface area contributed by atoms with E-state index in [9.17, 15) is 4.79 Å². The van der Waals surface area contributed by atoms with Gasteiger partial charge in [-0.15, -0.1) is 0 Å². The average Bonchev–Trinajstić information content (AvgIpc) is 2.20. The molecule has 6 nitrogen and oxygen atoms in total. The predicted octanol–water partition coefficient (Wildman–Crippen LogP) is -0.0531. The highest BCUT2D eigenvalue weighted by Gasteiger charge is 2.00. The maximum absolute atomic E-state index is 11.2. The van der Waals surface area contributed by atoms with Crippen molar-refractivity contribution in [2.45, 2.75) is 6.42 Å². The molecule has 0 unspecified atom stereocenters. The van der Waals surface area contributed by atoms with Gasteiger partial charge in [-0.1, -0.05) is 0 Å². The average molecular weight is 195 g/mol. The third-order valence-electron chi connectivity index (χ3n) is 1.47. The second-order valence-electron chi connectivity index (χ2n) is 2.61. The van der Waals surface area contributed by atoms with E-state index in [4.69, 9.17) is 5.73 Å². The number of rotatable bonds is 4. The van der Waals surface area contributed by atoms with Gasteiger partial charge in [0.05, 0.1) is 6.20 Å². The molecule has 0 radical (unpaired) electrons. The van der Waals surface area contributed by atoms with Crippen LogP contribution in [0.15, 0.2) is 18.6 Å². The number of aromatic nitrogens is 2. The monoisotopic (exact) mass is 195 g/mol. The van der Waals surface area contributed by atoms with Crippen molar-refractivity contribution in [3.63, 3.8) is 0 Å². The highest BCUT2D eigenvalue weighted by Crippen LogP contribution is 1.95. The molecule has 4 N–H and O–H groups in total. The number of amides is 2. The first-order chi connectivity index (χ1) is 6.83. The Morgan fingerprint density at radius 2 is 2.36 bits per heavy atom. The minimum absolute atomic E-state index is 0.293. The largest absolute Gasteiger partial charge is 0.338 e. The summed E-state index contributed by atoms with van der Waals surface area (Å²) >= 11 is 0. The van der Waals surface area contributed by atoms with Gasteiger partial charge in [0.25, 0.3) is 0 Å². The van der Waals surface area contributed by atoms with Crippen molar-refractivity contribution in [3.05, 3.63) is 18.6 Å². The Kier molecular flexibility index (Phi) is 4.36. The molecule has 0 aromatic carbocycles. The molecular weight excluding hydrogens is 182 g/mol. The minimum Gasteiger partial charge on any atom is -0.338 e. The molecule has 0 bridgehead atoms. The van der Waals surface area contributed by atoms with Crippen molar-refractivity contribution in [1.82, 2.24) is 15.3 Å². The molecule has 0 aliphatic rings. The van der Waals surface area contributed by atoms with Gasteiger partial charge in [0.15, 0.2) is 5.82 Å². The molecule has 14 heavy (non-hydrogen) atoms. The van der Waals surface area contributed by atoms with E-state index >= 15 is 0 Å². The van der Waals surface area contributed by atoms with Crippen LogP contribution in [0.3, 0.4) is 0 Å². The number of nitrogens with zero attached hydrogens (tertiary/aromatic N) is 2. The lowest BCUT2D eigenvalue weighted by molar-refractivity contribution is 0.252. The van der Waals surface area contributed by atoms with Crippen molar-refractivity contribution in [1.29, 1.82) is 0 Å². The molecule has 0 aliphatic heterocycles. The first kappa shape index (κ1) is 10.4. The van der Waals surface area contributed by atoms with Crippen LogP contribution in [0, 0.1) is 0 Å². The van der Waals surface area contributed by atoms with E-state index in [-0.39, 0.29) is 6.03 Å². The fourth-order valence-electron chi connectivity index (χ4n) is 0.828. The van der Waals surface area contributed by atoms with Crippen LogP contribution in [0.2, 0.25) is 0 Å². The fourth-order valence-corrected chi connectivity index (χ4v) is 0.828. The number of anilines is 1. The molecule has 1 heterocycles. The van der Waals surface area contributed by atoms with Gasteiger partial charge in [-0.3, -0.25) is 10.3 Å². The lowest BCUT2D eigenvalue weighted by atomic mass is 10.4. The van der Waals surface area contributed by atoms with Crippen molar-refractivity contribution in [3.8, 4) is 0 Å². The number of hydrogen-bond acceptors (Lipinski definition) is 4. The number of nitrogens with one attached hydrogen (secondary N) is 2. The summed E-state index contributed by atoms with van der Waals surface area (Å²) in [4.78, 5) is 18.9. The molecule has 0 aliphatic carbocycles. The topological polar surface area (TPSA) is 92.9 Å². The van der Waals surface area contributed by atoms with Crippen molar-refractivity contribution in [2.24, 2.45) is 5.73 Å². The van der Waals surface area contributed by atoms with Crippen LogP contribution in [0.4, 0.5) is 10.6 Å². The molecule has 2 amide bonds. The van der Waals surface area contributed by atoms with Gasteiger partial charge in [0.2, 0.25) is 0 Å². The summed E-state index contributed by atoms with van der Waals surface area (Å²) in [7, 11) is 0. The van der Waals surface area contributed by atoms with Crippen LogP contribution in [0.1, 0.15) is 6.42 Å². The molecule has 1 aromatic heterocycles. The fraction of sp³-hybridized carbons (Fsp3) is 0.375. The number of hydrogen-bond donors (Lipinski definition) is 3. The Labute approximate surface area is 81.9 Å². The van der Waals surface area contributed by atoms with E-state index in [0.29, 0.717) is 18.9 Å². The summed E-state index contributed by atoms with van der Waals surface area (Å²) in [6.07, 6.45) is 5.28. The zero-order valence-electron chi connectivity index (χ0n) is 7.73. The summed E-state index contributed by atoms with van der Waals surface area (Å²) in [6, 6.07) is -0.293. The first-order valence-electron chi connectivity index (χ1n) is 4.34. The van der Waals surface area contributed by atoms with Crippen LogP contribution in [0.5, 0.6) is 0 Å². The number of urea groups is 1. The van der Waals surface area contributed by atoms with Gasteiger partial charge < -0.3 is 11.1 Å². The Bertz CT molecular complexity index is 276. The Morgan fingerprint density at radius 3 is 3.00 bits per heavy atom. The van der Waals surface area contributed by atoms with Crippen molar-refractivity contribution < 1.29 is 4.79 Å². The Morgan fingerprint density at radius 1 is 1.50 bits per heavy atom. The van der Waals surface area contributed by atoms with E-state index in [0.717, 1.165) is 6.42 Å². The van der Waals surface area contributed by atoms with Crippen molar-refractivity contribution >= 4 is 11.8 Å². The second-order valence-corrected chi connectivity index (χ2v) is 2.61. The molecule has 0 spiro atoms. The Balaban J connectivity index is 2.27. The molecule has 76 valence electrons. The normalized spacial score (nSPS) is 9.50. The van der Waals surface area contributed by atoms with Crippen molar-refractivity contribution in [2.75, 3.05) is 18.4 Å². The molecule has 1 aromatic rings. The van der Waals surface area contributed by atoms with Gasteiger partial charge in [0.1, 0.15) is 0 Å². The SMILES string of the molecule is NCCCNC(=O)Nc1cnccn1. The van der Waals surface area contributed by atoms with Crippen LogP contribution in [0.25, 0.3) is 0 Å². The highest BCUT2D eigenvalue weighted by molar-refractivity contribution is 5.87. The lowest BCUT2D eigenvalue weighted by Gasteiger charge is -2.04. The molecule has 0 saturated heterocycles. The number of carbonyl (C=O) groups is 1. The van der Waals surface area contributed by atoms with E-state index in [1.165, 1.54) is 18.6 Å². The quantitative estimate of drug-likeness (QED) is 0.587. The summed E-state index contributed by atoms with van der Waals surface area (Å²) in [5.41, 5.74) is 5.27. The van der Waals surface area contributed by atoms with Crippen LogP contribution >= 0.6 is 0 Å². The lowest BCUT2D eigenvalue weighted by Crippen LogP contribution is -2.30. The van der Waals surface area contributed by atoms with E-state index in [1.54, 1.807) is 0 Å².